The number of hydrogen-bond donors (Lipinski definition) is 1. The van der Waals surface area contributed by atoms with Gasteiger partial charge in [-0.3, -0.25) is 0 Å². The van der Waals surface area contributed by atoms with Crippen molar-refractivity contribution in [2.45, 2.75) is 44.7 Å². The van der Waals surface area contributed by atoms with Gasteiger partial charge in [-0.25, -0.2) is 8.42 Å². The van der Waals surface area contributed by atoms with Gasteiger partial charge in [0, 0.05) is 26.3 Å². The minimum absolute atomic E-state index is 0.223. The van der Waals surface area contributed by atoms with Crippen molar-refractivity contribution in [3.63, 3.8) is 0 Å². The number of sulfonamides is 1. The number of furan rings is 1. The normalized spacial score (nSPS) is 13.8. The van der Waals surface area contributed by atoms with Gasteiger partial charge in [0.15, 0.2) is 0 Å². The quantitative estimate of drug-likeness (QED) is 0.702. The van der Waals surface area contributed by atoms with E-state index in [9.17, 15) is 8.42 Å². The van der Waals surface area contributed by atoms with Crippen LogP contribution in [0.4, 0.5) is 0 Å². The van der Waals surface area contributed by atoms with E-state index in [1.807, 2.05) is 0 Å². The van der Waals surface area contributed by atoms with Gasteiger partial charge >= 0.3 is 0 Å². The van der Waals surface area contributed by atoms with E-state index in [1.54, 1.807) is 34.1 Å². The predicted octanol–water partition coefficient (Wildman–Crippen LogP) is 1.74. The third kappa shape index (κ3) is 4.54. The molecule has 0 aliphatic rings. The van der Waals surface area contributed by atoms with Crippen molar-refractivity contribution in [1.82, 2.24) is 9.62 Å². The Kier molecular flexibility index (Phi) is 6.86. The molecule has 0 aliphatic carbocycles. The molecule has 0 saturated carbocycles. The molecule has 1 rings (SSSR count). The maximum Gasteiger partial charge on any atom is 0.246 e. The molecular weight excluding hydrogens is 292 g/mol. The van der Waals surface area contributed by atoms with Gasteiger partial charge in [-0.15, -0.1) is 0 Å². The first-order valence-electron chi connectivity index (χ1n) is 7.11. The third-order valence-electron chi connectivity index (χ3n) is 3.33. The Morgan fingerprint density at radius 2 is 2.14 bits per heavy atom. The fraction of sp³-hybridized carbons (Fsp3) is 0.714. The maximum absolute atomic E-state index is 12.6. The van der Waals surface area contributed by atoms with E-state index in [0.717, 1.165) is 13.0 Å². The molecule has 122 valence electrons. The fourth-order valence-electron chi connectivity index (χ4n) is 1.99. The van der Waals surface area contributed by atoms with Gasteiger partial charge in [-0.2, -0.15) is 4.31 Å². The highest BCUT2D eigenvalue weighted by atomic mass is 32.2. The van der Waals surface area contributed by atoms with E-state index in [2.05, 4.69) is 12.2 Å². The highest BCUT2D eigenvalue weighted by molar-refractivity contribution is 7.89. The van der Waals surface area contributed by atoms with Gasteiger partial charge < -0.3 is 14.5 Å². The smallest absolute Gasteiger partial charge is 0.246 e. The molecule has 7 heteroatoms. The lowest BCUT2D eigenvalue weighted by molar-refractivity contribution is 0.149. The second-order valence-corrected chi connectivity index (χ2v) is 7.10. The second-order valence-electron chi connectivity index (χ2n) is 5.14. The third-order valence-corrected chi connectivity index (χ3v) is 5.41. The summed E-state index contributed by atoms with van der Waals surface area (Å²) in [4.78, 5) is 0.223. The number of nitrogens with zero attached hydrogens (tertiary/aromatic N) is 1. The molecular formula is C14H26N2O4S. The van der Waals surface area contributed by atoms with Crippen LogP contribution in [-0.4, -0.2) is 46.1 Å². The summed E-state index contributed by atoms with van der Waals surface area (Å²) in [6.07, 6.45) is 1.02. The zero-order valence-electron chi connectivity index (χ0n) is 13.5. The van der Waals surface area contributed by atoms with Crippen molar-refractivity contribution < 1.29 is 17.6 Å². The molecule has 0 fully saturated rings. The number of ether oxygens (including phenoxy) is 1. The molecule has 0 bridgehead atoms. The minimum atomic E-state index is -3.57. The molecule has 1 aromatic rings. The lowest BCUT2D eigenvalue weighted by atomic mass is 10.4. The van der Waals surface area contributed by atoms with Crippen molar-refractivity contribution >= 4 is 10.0 Å². The van der Waals surface area contributed by atoms with Crippen LogP contribution < -0.4 is 5.32 Å². The Morgan fingerprint density at radius 3 is 2.71 bits per heavy atom. The molecule has 1 N–H and O–H groups in total. The first kappa shape index (κ1) is 18.2. The van der Waals surface area contributed by atoms with Crippen LogP contribution in [0.15, 0.2) is 15.4 Å². The Labute approximate surface area is 127 Å². The van der Waals surface area contributed by atoms with Crippen LogP contribution in [0.3, 0.4) is 0 Å². The summed E-state index contributed by atoms with van der Waals surface area (Å²) in [5.41, 5.74) is 0. The number of likely N-dealkylation sites (N-methyl/N-ethyl adjacent to an activating group) is 1. The van der Waals surface area contributed by atoms with Gasteiger partial charge in [-0.05, 0) is 26.8 Å². The highest BCUT2D eigenvalue weighted by Gasteiger charge is 2.29. The van der Waals surface area contributed by atoms with Crippen molar-refractivity contribution in [1.29, 1.82) is 0 Å². The first-order valence-corrected chi connectivity index (χ1v) is 8.55. The van der Waals surface area contributed by atoms with Crippen LogP contribution in [-0.2, 0) is 21.3 Å². The summed E-state index contributed by atoms with van der Waals surface area (Å²) < 4.78 is 37.1. The van der Waals surface area contributed by atoms with Crippen molar-refractivity contribution in [2.75, 3.05) is 27.3 Å². The van der Waals surface area contributed by atoms with Gasteiger partial charge in [0.25, 0.3) is 0 Å². The van der Waals surface area contributed by atoms with Crippen LogP contribution in [0.5, 0.6) is 0 Å². The van der Waals surface area contributed by atoms with Crippen molar-refractivity contribution in [3.05, 3.63) is 17.6 Å². The van der Waals surface area contributed by atoms with E-state index >= 15 is 0 Å². The summed E-state index contributed by atoms with van der Waals surface area (Å²) in [5.74, 6) is 1.05. The summed E-state index contributed by atoms with van der Waals surface area (Å²) in [6, 6.07) is 1.36. The molecule has 6 nitrogen and oxygen atoms in total. The lowest BCUT2D eigenvalue weighted by Crippen LogP contribution is -2.37. The van der Waals surface area contributed by atoms with Gasteiger partial charge in [0.1, 0.15) is 16.4 Å². The van der Waals surface area contributed by atoms with Gasteiger partial charge in [0.2, 0.25) is 10.0 Å². The van der Waals surface area contributed by atoms with Crippen LogP contribution in [0.25, 0.3) is 0 Å². The average molecular weight is 318 g/mol. The molecule has 1 heterocycles. The molecule has 0 saturated heterocycles. The molecule has 0 amide bonds. The second kappa shape index (κ2) is 7.93. The molecule has 0 aromatic carbocycles. The highest BCUT2D eigenvalue weighted by Crippen LogP contribution is 2.24. The van der Waals surface area contributed by atoms with Crippen LogP contribution in [0.1, 0.15) is 31.8 Å². The molecule has 0 aliphatic heterocycles. The summed E-state index contributed by atoms with van der Waals surface area (Å²) in [7, 11) is -0.460. The number of methoxy groups -OCH3 is 1. The number of aryl methyl sites for hydroxylation is 1. The Balaban J connectivity index is 2.92. The molecule has 0 spiro atoms. The maximum atomic E-state index is 12.6. The standard InChI is InChI=1S/C14H26N2O4S/c1-6-7-15-9-13-8-14(12(3)20-13)21(17,18)16(4)11(2)10-19-5/h8,11,15H,6-7,9-10H2,1-5H3. The first-order chi connectivity index (χ1) is 9.84. The Morgan fingerprint density at radius 1 is 1.48 bits per heavy atom. The SMILES string of the molecule is CCCNCc1cc(S(=O)(=O)N(C)C(C)COC)c(C)o1. The molecule has 1 unspecified atom stereocenters. The van der Waals surface area contributed by atoms with E-state index in [1.165, 1.54) is 4.31 Å². The number of nitrogens with one attached hydrogen (secondary N) is 1. The average Bonchev–Trinajstić information content (AvgIpc) is 2.80. The summed E-state index contributed by atoms with van der Waals surface area (Å²) in [6.45, 7) is 7.29. The molecule has 1 aromatic heterocycles. The predicted molar refractivity (Wildman–Crippen MR) is 81.7 cm³/mol. The molecule has 1 atom stereocenters. The monoisotopic (exact) mass is 318 g/mol. The van der Waals surface area contributed by atoms with Crippen LogP contribution >= 0.6 is 0 Å². The van der Waals surface area contributed by atoms with E-state index < -0.39 is 10.0 Å². The van der Waals surface area contributed by atoms with E-state index in [-0.39, 0.29) is 10.9 Å². The van der Waals surface area contributed by atoms with Crippen LogP contribution in [0, 0.1) is 6.92 Å². The van der Waals surface area contributed by atoms with Crippen LogP contribution in [0.2, 0.25) is 0 Å². The van der Waals surface area contributed by atoms with Gasteiger partial charge in [0.05, 0.1) is 13.2 Å². The fourth-order valence-corrected chi connectivity index (χ4v) is 3.52. The largest absolute Gasteiger partial charge is 0.464 e. The zero-order chi connectivity index (χ0) is 16.0. The molecule has 0 radical (unpaired) electrons. The zero-order valence-corrected chi connectivity index (χ0v) is 14.3. The number of rotatable bonds is 9. The van der Waals surface area contributed by atoms with Crippen molar-refractivity contribution in [3.8, 4) is 0 Å². The minimum Gasteiger partial charge on any atom is -0.464 e. The molecule has 21 heavy (non-hydrogen) atoms. The lowest BCUT2D eigenvalue weighted by Gasteiger charge is -2.23. The Hall–Kier alpha value is -0.890. The van der Waals surface area contributed by atoms with Gasteiger partial charge in [-0.1, -0.05) is 6.92 Å². The van der Waals surface area contributed by atoms with E-state index in [0.29, 0.717) is 24.7 Å². The number of hydrogen-bond acceptors (Lipinski definition) is 5. The summed E-state index contributed by atoms with van der Waals surface area (Å²) in [5, 5.41) is 3.19. The van der Waals surface area contributed by atoms with E-state index in [4.69, 9.17) is 9.15 Å². The summed E-state index contributed by atoms with van der Waals surface area (Å²) >= 11 is 0. The topological polar surface area (TPSA) is 71.8 Å². The Bertz CT molecular complexity index is 539. The van der Waals surface area contributed by atoms with Crippen molar-refractivity contribution in [2.24, 2.45) is 0 Å².